The lowest BCUT2D eigenvalue weighted by atomic mass is 10.1. The molecule has 2 rings (SSSR count). The van der Waals surface area contributed by atoms with Crippen LogP contribution in [0.2, 0.25) is 5.02 Å². The van der Waals surface area contributed by atoms with Gasteiger partial charge in [0.15, 0.2) is 0 Å². The molecule has 0 atom stereocenters. The van der Waals surface area contributed by atoms with E-state index in [9.17, 15) is 15.0 Å². The monoisotopic (exact) mass is 318 g/mol. The van der Waals surface area contributed by atoms with Crippen LogP contribution in [0, 0.1) is 6.92 Å². The van der Waals surface area contributed by atoms with Gasteiger partial charge in [0.1, 0.15) is 11.5 Å². The highest BCUT2D eigenvalue weighted by Gasteiger charge is 2.12. The van der Waals surface area contributed by atoms with Gasteiger partial charge >= 0.3 is 0 Å². The van der Waals surface area contributed by atoms with Crippen molar-refractivity contribution in [1.29, 1.82) is 0 Å². The van der Waals surface area contributed by atoms with E-state index in [2.05, 4.69) is 10.5 Å². The average Bonchev–Trinajstić information content (AvgIpc) is 2.49. The summed E-state index contributed by atoms with van der Waals surface area (Å²) in [6.07, 6.45) is 0. The van der Waals surface area contributed by atoms with Gasteiger partial charge in [-0.25, -0.2) is 5.43 Å². The topological polar surface area (TPSA) is 81.9 Å². The minimum Gasteiger partial charge on any atom is -0.507 e. The summed E-state index contributed by atoms with van der Waals surface area (Å²) in [4.78, 5) is 12.0. The number of aromatic hydroxyl groups is 2. The molecular weight excluding hydrogens is 304 g/mol. The fourth-order valence-corrected chi connectivity index (χ4v) is 2.06. The molecule has 114 valence electrons. The Morgan fingerprint density at radius 1 is 1.09 bits per heavy atom. The number of hydrogen-bond acceptors (Lipinski definition) is 4. The predicted molar refractivity (Wildman–Crippen MR) is 85.6 cm³/mol. The zero-order valence-electron chi connectivity index (χ0n) is 12.1. The van der Waals surface area contributed by atoms with E-state index in [1.165, 1.54) is 18.2 Å². The number of benzene rings is 2. The number of carbonyl (C=O) groups excluding carboxylic acids is 1. The van der Waals surface area contributed by atoms with Gasteiger partial charge in [-0.1, -0.05) is 23.2 Å². The van der Waals surface area contributed by atoms with Crippen LogP contribution in [-0.4, -0.2) is 21.8 Å². The summed E-state index contributed by atoms with van der Waals surface area (Å²) in [7, 11) is 0. The molecule has 1 amide bonds. The molecular formula is C16H15ClN2O3. The van der Waals surface area contributed by atoms with Crippen molar-refractivity contribution < 1.29 is 15.0 Å². The number of hydrogen-bond donors (Lipinski definition) is 3. The van der Waals surface area contributed by atoms with Crippen LogP contribution in [0.15, 0.2) is 41.5 Å². The molecule has 2 aromatic rings. The van der Waals surface area contributed by atoms with Crippen molar-refractivity contribution in [1.82, 2.24) is 5.43 Å². The van der Waals surface area contributed by atoms with Crippen LogP contribution in [0.1, 0.15) is 28.4 Å². The summed E-state index contributed by atoms with van der Waals surface area (Å²) >= 11 is 5.80. The van der Waals surface area contributed by atoms with E-state index in [0.717, 1.165) is 5.56 Å². The number of halogens is 1. The highest BCUT2D eigenvalue weighted by Crippen LogP contribution is 2.22. The lowest BCUT2D eigenvalue weighted by Gasteiger charge is -2.07. The highest BCUT2D eigenvalue weighted by atomic mass is 35.5. The molecule has 2 aromatic carbocycles. The largest absolute Gasteiger partial charge is 0.507 e. The first kappa shape index (κ1) is 15.9. The molecule has 0 aliphatic rings. The van der Waals surface area contributed by atoms with E-state index in [0.29, 0.717) is 16.3 Å². The van der Waals surface area contributed by atoms with E-state index < -0.39 is 5.91 Å². The lowest BCUT2D eigenvalue weighted by molar-refractivity contribution is 0.0952. The Kier molecular flexibility index (Phi) is 4.68. The third kappa shape index (κ3) is 3.56. The first-order chi connectivity index (χ1) is 10.4. The molecule has 0 saturated carbocycles. The Labute approximate surface area is 132 Å². The number of nitrogens with zero attached hydrogens (tertiary/aromatic N) is 1. The maximum Gasteiger partial charge on any atom is 0.275 e. The van der Waals surface area contributed by atoms with Gasteiger partial charge in [0, 0.05) is 10.6 Å². The molecule has 0 radical (unpaired) electrons. The number of phenolic OH excluding ortho intramolecular Hbond substituents is 2. The molecule has 3 N–H and O–H groups in total. The molecule has 6 heteroatoms. The van der Waals surface area contributed by atoms with E-state index >= 15 is 0 Å². The third-order valence-corrected chi connectivity index (χ3v) is 3.31. The molecule has 0 aliphatic heterocycles. The van der Waals surface area contributed by atoms with Crippen molar-refractivity contribution in [3.8, 4) is 11.5 Å². The average molecular weight is 319 g/mol. The van der Waals surface area contributed by atoms with Crippen molar-refractivity contribution in [2.24, 2.45) is 5.10 Å². The summed E-state index contributed by atoms with van der Waals surface area (Å²) < 4.78 is 0. The number of phenols is 2. The first-order valence-corrected chi connectivity index (χ1v) is 6.89. The molecule has 0 heterocycles. The Bertz CT molecular complexity index is 757. The smallest absolute Gasteiger partial charge is 0.275 e. The Morgan fingerprint density at radius 3 is 2.45 bits per heavy atom. The zero-order chi connectivity index (χ0) is 16.3. The van der Waals surface area contributed by atoms with Crippen molar-refractivity contribution in [3.05, 3.63) is 58.1 Å². The second-order valence-electron chi connectivity index (χ2n) is 4.82. The summed E-state index contributed by atoms with van der Waals surface area (Å²) in [6.45, 7) is 3.55. The second kappa shape index (κ2) is 6.49. The number of aryl methyl sites for hydroxylation is 1. The fourth-order valence-electron chi connectivity index (χ4n) is 1.88. The minimum absolute atomic E-state index is 0.0255. The first-order valence-electron chi connectivity index (χ1n) is 6.51. The van der Waals surface area contributed by atoms with E-state index in [1.54, 1.807) is 25.1 Å². The van der Waals surface area contributed by atoms with Gasteiger partial charge in [-0.15, -0.1) is 0 Å². The number of nitrogens with one attached hydrogen (secondary N) is 1. The predicted octanol–water partition coefficient (Wildman–Crippen LogP) is 3.21. The third-order valence-electron chi connectivity index (χ3n) is 3.07. The van der Waals surface area contributed by atoms with Crippen LogP contribution in [0.3, 0.4) is 0 Å². The van der Waals surface area contributed by atoms with Crippen molar-refractivity contribution in [3.63, 3.8) is 0 Å². The SMILES string of the molecule is C/C(=N\NC(=O)c1cc(Cl)ccc1O)c1cc(C)ccc1O. The second-order valence-corrected chi connectivity index (χ2v) is 5.26. The van der Waals surface area contributed by atoms with Crippen molar-refractivity contribution in [2.75, 3.05) is 0 Å². The molecule has 0 aliphatic carbocycles. The number of carbonyl (C=O) groups is 1. The van der Waals surface area contributed by atoms with Crippen LogP contribution in [0.4, 0.5) is 0 Å². The van der Waals surface area contributed by atoms with Crippen LogP contribution < -0.4 is 5.43 Å². The van der Waals surface area contributed by atoms with E-state index in [1.807, 2.05) is 6.92 Å². The highest BCUT2D eigenvalue weighted by molar-refractivity contribution is 6.31. The molecule has 0 fully saturated rings. The summed E-state index contributed by atoms with van der Waals surface area (Å²) in [5, 5.41) is 23.8. The lowest BCUT2D eigenvalue weighted by Crippen LogP contribution is -2.19. The Balaban J connectivity index is 2.22. The maximum atomic E-state index is 12.0. The molecule has 22 heavy (non-hydrogen) atoms. The van der Waals surface area contributed by atoms with Gasteiger partial charge in [0.05, 0.1) is 11.3 Å². The molecule has 0 unspecified atom stereocenters. The Morgan fingerprint density at radius 2 is 1.73 bits per heavy atom. The number of hydrazone groups is 1. The van der Waals surface area contributed by atoms with Crippen LogP contribution in [0.25, 0.3) is 0 Å². The van der Waals surface area contributed by atoms with Crippen LogP contribution in [0.5, 0.6) is 11.5 Å². The Hall–Kier alpha value is -2.53. The van der Waals surface area contributed by atoms with Crippen LogP contribution in [-0.2, 0) is 0 Å². The molecule has 0 saturated heterocycles. The molecule has 0 spiro atoms. The quantitative estimate of drug-likeness (QED) is 0.600. The number of rotatable bonds is 3. The van der Waals surface area contributed by atoms with Crippen LogP contribution >= 0.6 is 11.6 Å². The zero-order valence-corrected chi connectivity index (χ0v) is 12.8. The molecule has 0 aromatic heterocycles. The van der Waals surface area contributed by atoms with Crippen molar-refractivity contribution in [2.45, 2.75) is 13.8 Å². The summed E-state index contributed by atoms with van der Waals surface area (Å²) in [5.74, 6) is -0.702. The van der Waals surface area contributed by atoms with E-state index in [-0.39, 0.29) is 17.1 Å². The molecule has 0 bridgehead atoms. The summed E-state index contributed by atoms with van der Waals surface area (Å²) in [6, 6.07) is 9.26. The van der Waals surface area contributed by atoms with Gasteiger partial charge in [-0.05, 0) is 44.2 Å². The van der Waals surface area contributed by atoms with E-state index in [4.69, 9.17) is 11.6 Å². The summed E-state index contributed by atoms with van der Waals surface area (Å²) in [5.41, 5.74) is 4.28. The standard InChI is InChI=1S/C16H15ClN2O3/c1-9-3-5-14(20)12(7-9)10(2)18-19-16(22)13-8-11(17)4-6-15(13)21/h3-8,20-21H,1-2H3,(H,19,22)/b18-10+. The van der Waals surface area contributed by atoms with Gasteiger partial charge in [-0.3, -0.25) is 4.79 Å². The van der Waals surface area contributed by atoms with Crippen molar-refractivity contribution >= 4 is 23.2 Å². The normalized spacial score (nSPS) is 11.3. The fraction of sp³-hybridized carbons (Fsp3) is 0.125. The van der Waals surface area contributed by atoms with Gasteiger partial charge in [0.25, 0.3) is 5.91 Å². The maximum absolute atomic E-state index is 12.0. The molecule has 5 nitrogen and oxygen atoms in total. The van der Waals surface area contributed by atoms with Gasteiger partial charge in [-0.2, -0.15) is 5.10 Å². The van der Waals surface area contributed by atoms with Gasteiger partial charge in [0.2, 0.25) is 0 Å². The minimum atomic E-state index is -0.591. The number of amides is 1. The van der Waals surface area contributed by atoms with Gasteiger partial charge < -0.3 is 10.2 Å².